The van der Waals surface area contributed by atoms with E-state index in [1.807, 2.05) is 30.0 Å². The van der Waals surface area contributed by atoms with Crippen molar-refractivity contribution in [2.24, 2.45) is 0 Å². The van der Waals surface area contributed by atoms with Crippen molar-refractivity contribution in [1.29, 1.82) is 0 Å². The largest absolute Gasteiger partial charge is 0.352 e. The highest BCUT2D eigenvalue weighted by Crippen LogP contribution is 2.41. The molecule has 1 aliphatic carbocycles. The first-order valence-electron chi connectivity index (χ1n) is 9.35. The zero-order valence-corrected chi connectivity index (χ0v) is 16.0. The molecule has 1 unspecified atom stereocenters. The van der Waals surface area contributed by atoms with E-state index in [0.29, 0.717) is 37.3 Å². The number of hydrogen-bond donors (Lipinski definition) is 0. The third kappa shape index (κ3) is 3.90. The van der Waals surface area contributed by atoms with Crippen LogP contribution in [0.1, 0.15) is 42.7 Å². The van der Waals surface area contributed by atoms with E-state index in [0.717, 1.165) is 29.8 Å². The van der Waals surface area contributed by atoms with Gasteiger partial charge in [0.25, 0.3) is 0 Å². The minimum absolute atomic E-state index is 0.0374. The number of nitrogens with zero attached hydrogens (tertiary/aromatic N) is 4. The molecule has 7 heteroatoms. The molecule has 2 heterocycles. The van der Waals surface area contributed by atoms with Gasteiger partial charge in [-0.05, 0) is 55.0 Å². The molecule has 1 aliphatic heterocycles. The predicted octanol–water partition coefficient (Wildman–Crippen LogP) is 3.60. The van der Waals surface area contributed by atoms with Gasteiger partial charge < -0.3 is 9.80 Å². The van der Waals surface area contributed by atoms with E-state index in [1.54, 1.807) is 6.07 Å². The molecule has 0 radical (unpaired) electrons. The van der Waals surface area contributed by atoms with Gasteiger partial charge in [0.05, 0.1) is 5.92 Å². The van der Waals surface area contributed by atoms with Crippen LogP contribution in [0, 0.1) is 5.82 Å². The van der Waals surface area contributed by atoms with Crippen LogP contribution in [0.2, 0.25) is 5.15 Å². The molecular weight excluding hydrogens is 367 g/mol. The zero-order valence-electron chi connectivity index (χ0n) is 15.2. The summed E-state index contributed by atoms with van der Waals surface area (Å²) in [6, 6.07) is 8.83. The number of benzene rings is 1. The first-order valence-corrected chi connectivity index (χ1v) is 9.73. The molecule has 1 saturated carbocycles. The lowest BCUT2D eigenvalue weighted by atomic mass is 9.96. The first-order chi connectivity index (χ1) is 13.0. The Bertz CT molecular complexity index is 832. The van der Waals surface area contributed by atoms with Crippen molar-refractivity contribution in [3.63, 3.8) is 0 Å². The average Bonchev–Trinajstić information content (AvgIpc) is 3.52. The molecule has 1 atom stereocenters. The molecule has 0 N–H and O–H groups in total. The van der Waals surface area contributed by atoms with Gasteiger partial charge in [0.2, 0.25) is 5.91 Å². The van der Waals surface area contributed by atoms with E-state index in [1.165, 1.54) is 6.07 Å². The van der Waals surface area contributed by atoms with Gasteiger partial charge in [-0.1, -0.05) is 23.7 Å². The topological polar surface area (TPSA) is 49.3 Å². The number of halogens is 2. The van der Waals surface area contributed by atoms with Crippen molar-refractivity contribution in [3.8, 4) is 0 Å². The Kier molecular flexibility index (Phi) is 5.00. The maximum atomic E-state index is 14.3. The van der Waals surface area contributed by atoms with Crippen molar-refractivity contribution in [2.45, 2.75) is 31.6 Å². The highest BCUT2D eigenvalue weighted by atomic mass is 35.5. The first kappa shape index (κ1) is 18.2. The molecule has 1 aromatic heterocycles. The number of anilines is 1. The fraction of sp³-hybridized carbons (Fsp3) is 0.450. The summed E-state index contributed by atoms with van der Waals surface area (Å²) in [5, 5.41) is 8.32. The van der Waals surface area contributed by atoms with Crippen molar-refractivity contribution >= 4 is 23.3 Å². The molecule has 1 saturated heterocycles. The second-order valence-electron chi connectivity index (χ2n) is 7.30. The van der Waals surface area contributed by atoms with Crippen LogP contribution in [-0.2, 0) is 4.79 Å². The summed E-state index contributed by atoms with van der Waals surface area (Å²) in [5.74, 6) is 0.636. The van der Waals surface area contributed by atoms with Gasteiger partial charge in [-0.2, -0.15) is 0 Å². The number of piperazine rings is 1. The lowest BCUT2D eigenvalue weighted by molar-refractivity contribution is -0.132. The summed E-state index contributed by atoms with van der Waals surface area (Å²) < 4.78 is 14.3. The average molecular weight is 389 g/mol. The van der Waals surface area contributed by atoms with Crippen LogP contribution in [0.4, 0.5) is 10.2 Å². The van der Waals surface area contributed by atoms with Gasteiger partial charge in [-0.3, -0.25) is 4.79 Å². The van der Waals surface area contributed by atoms with Crippen LogP contribution in [-0.4, -0.2) is 47.2 Å². The lowest BCUT2D eigenvalue weighted by Crippen LogP contribution is -2.50. The normalized spacial score (nSPS) is 18.5. The fourth-order valence-electron chi connectivity index (χ4n) is 3.59. The number of carbonyl (C=O) groups excluding carboxylic acids is 1. The van der Waals surface area contributed by atoms with Crippen molar-refractivity contribution in [3.05, 3.63) is 52.4 Å². The number of hydrogen-bond acceptors (Lipinski definition) is 4. The second kappa shape index (κ2) is 7.43. The van der Waals surface area contributed by atoms with Gasteiger partial charge >= 0.3 is 0 Å². The standard InChI is InChI=1S/C20H22ClFN4O/c1-13(15-4-5-16(14-2-3-14)17(22)12-15)20(27)26-10-8-25(9-11-26)19-7-6-18(21)23-24-19/h4-7,12-14H,2-3,8-11H2,1H3. The molecule has 0 spiro atoms. The third-order valence-electron chi connectivity index (χ3n) is 5.45. The van der Waals surface area contributed by atoms with Gasteiger partial charge in [-0.15, -0.1) is 10.2 Å². The quantitative estimate of drug-likeness (QED) is 0.803. The van der Waals surface area contributed by atoms with Crippen LogP contribution in [0.5, 0.6) is 0 Å². The molecule has 1 aromatic carbocycles. The Balaban J connectivity index is 1.38. The van der Waals surface area contributed by atoms with Gasteiger partial charge in [0, 0.05) is 26.2 Å². The van der Waals surface area contributed by atoms with E-state index in [2.05, 4.69) is 15.1 Å². The monoisotopic (exact) mass is 388 g/mol. The summed E-state index contributed by atoms with van der Waals surface area (Å²) in [4.78, 5) is 16.8. The number of carbonyl (C=O) groups is 1. The third-order valence-corrected chi connectivity index (χ3v) is 5.65. The van der Waals surface area contributed by atoms with Crippen molar-refractivity contribution in [1.82, 2.24) is 15.1 Å². The highest BCUT2D eigenvalue weighted by Gasteiger charge is 2.29. The number of amides is 1. The predicted molar refractivity (Wildman–Crippen MR) is 103 cm³/mol. The lowest BCUT2D eigenvalue weighted by Gasteiger charge is -2.36. The van der Waals surface area contributed by atoms with Crippen molar-refractivity contribution < 1.29 is 9.18 Å². The molecule has 2 fully saturated rings. The number of aromatic nitrogens is 2. The summed E-state index contributed by atoms with van der Waals surface area (Å²) in [6.07, 6.45) is 2.13. The van der Waals surface area contributed by atoms with Gasteiger partial charge in [0.15, 0.2) is 11.0 Å². The molecule has 1 amide bonds. The van der Waals surface area contributed by atoms with E-state index in [-0.39, 0.29) is 17.6 Å². The second-order valence-corrected chi connectivity index (χ2v) is 7.69. The van der Waals surface area contributed by atoms with E-state index < -0.39 is 0 Å². The zero-order chi connectivity index (χ0) is 19.0. The minimum atomic E-state index is -0.352. The molecular formula is C20H22ClFN4O. The van der Waals surface area contributed by atoms with E-state index in [9.17, 15) is 9.18 Å². The minimum Gasteiger partial charge on any atom is -0.352 e. The maximum absolute atomic E-state index is 14.3. The maximum Gasteiger partial charge on any atom is 0.229 e. The Labute approximate surface area is 163 Å². The fourth-order valence-corrected chi connectivity index (χ4v) is 3.69. The van der Waals surface area contributed by atoms with E-state index in [4.69, 9.17) is 11.6 Å². The van der Waals surface area contributed by atoms with Gasteiger partial charge in [-0.25, -0.2) is 4.39 Å². The van der Waals surface area contributed by atoms with Crippen LogP contribution in [0.25, 0.3) is 0 Å². The summed E-state index contributed by atoms with van der Waals surface area (Å²) in [6.45, 7) is 4.44. The molecule has 0 bridgehead atoms. The molecule has 27 heavy (non-hydrogen) atoms. The van der Waals surface area contributed by atoms with Crippen LogP contribution in [0.15, 0.2) is 30.3 Å². The van der Waals surface area contributed by atoms with Gasteiger partial charge in [0.1, 0.15) is 5.82 Å². The summed E-state index contributed by atoms with van der Waals surface area (Å²) in [5.41, 5.74) is 1.53. The molecule has 2 aliphatic rings. The molecule has 2 aromatic rings. The Morgan fingerprint density at radius 2 is 1.89 bits per heavy atom. The van der Waals surface area contributed by atoms with Crippen LogP contribution < -0.4 is 4.90 Å². The van der Waals surface area contributed by atoms with E-state index >= 15 is 0 Å². The van der Waals surface area contributed by atoms with Crippen LogP contribution in [0.3, 0.4) is 0 Å². The van der Waals surface area contributed by atoms with Crippen molar-refractivity contribution in [2.75, 3.05) is 31.1 Å². The Hall–Kier alpha value is -2.21. The summed E-state index contributed by atoms with van der Waals surface area (Å²) >= 11 is 5.78. The molecule has 4 rings (SSSR count). The van der Waals surface area contributed by atoms with Crippen LogP contribution >= 0.6 is 11.6 Å². The Morgan fingerprint density at radius 3 is 2.48 bits per heavy atom. The number of rotatable bonds is 4. The molecule has 142 valence electrons. The SMILES string of the molecule is CC(C(=O)N1CCN(c2ccc(Cl)nn2)CC1)c1ccc(C2CC2)c(F)c1. The highest BCUT2D eigenvalue weighted by molar-refractivity contribution is 6.29. The smallest absolute Gasteiger partial charge is 0.229 e. The Morgan fingerprint density at radius 1 is 1.15 bits per heavy atom. The molecule has 5 nitrogen and oxygen atoms in total. The summed E-state index contributed by atoms with van der Waals surface area (Å²) in [7, 11) is 0.